The first-order valence-electron chi connectivity index (χ1n) is 36.8. The first kappa shape index (κ1) is 81.6. The Morgan fingerprint density at radius 3 is 0.842 bits per heavy atom. The average molecular weight is 1620 g/mol. The van der Waals surface area contributed by atoms with Crippen LogP contribution in [0.15, 0.2) is 121 Å². The van der Waals surface area contributed by atoms with Crippen LogP contribution < -0.4 is 16.0 Å². The summed E-state index contributed by atoms with van der Waals surface area (Å²) in [6.07, 6.45) is 2.82. The van der Waals surface area contributed by atoms with Crippen LogP contribution in [-0.2, 0) is 104 Å². The number of nitrogens with zero attached hydrogens (tertiary/aromatic N) is 12. The van der Waals surface area contributed by atoms with E-state index in [9.17, 15) is 66.0 Å². The molecule has 0 amide bonds. The van der Waals surface area contributed by atoms with E-state index in [1.807, 2.05) is 80.9 Å². The Balaban J connectivity index is 0.000000149. The van der Waals surface area contributed by atoms with E-state index < -0.39 is 48.8 Å². The van der Waals surface area contributed by atoms with Crippen molar-refractivity contribution in [2.75, 3.05) is 34.7 Å². The summed E-state index contributed by atoms with van der Waals surface area (Å²) >= 11 is 0. The number of hydrogen-bond donors (Lipinski definition) is 3. The third-order valence-corrected chi connectivity index (χ3v) is 24.9. The fourth-order valence-corrected chi connectivity index (χ4v) is 17.6. The quantitative estimate of drug-likeness (QED) is 0.0473. The molecule has 33 heteroatoms. The molecular weight excluding hydrogens is 1540 g/mol. The molecule has 0 radical (unpaired) electrons. The summed E-state index contributed by atoms with van der Waals surface area (Å²) in [6.45, 7) is 17.9. The summed E-state index contributed by atoms with van der Waals surface area (Å²) in [5.41, 5.74) is 10.2. The Morgan fingerprint density at radius 1 is 0.412 bits per heavy atom. The summed E-state index contributed by atoms with van der Waals surface area (Å²) in [6, 6.07) is 19.6. The van der Waals surface area contributed by atoms with Gasteiger partial charge in [-0.25, -0.2) is 66.6 Å². The number of aromatic nitrogens is 9. The second-order valence-electron chi connectivity index (χ2n) is 32.6. The summed E-state index contributed by atoms with van der Waals surface area (Å²) in [5.74, 6) is -0.0151. The number of sulfone groups is 3. The van der Waals surface area contributed by atoms with Crippen LogP contribution in [0.1, 0.15) is 112 Å². The second kappa shape index (κ2) is 30.1. The van der Waals surface area contributed by atoms with E-state index in [0.29, 0.717) is 85.0 Å². The first-order chi connectivity index (χ1) is 53.2. The predicted octanol–water partition coefficient (Wildman–Crippen LogP) is 15.0. The van der Waals surface area contributed by atoms with E-state index in [1.54, 1.807) is 108 Å². The van der Waals surface area contributed by atoms with Crippen molar-refractivity contribution in [3.8, 4) is 33.8 Å². The van der Waals surface area contributed by atoms with Gasteiger partial charge in [0.25, 0.3) is 19.3 Å². The maximum absolute atomic E-state index is 13.5. The Labute approximate surface area is 656 Å². The van der Waals surface area contributed by atoms with Gasteiger partial charge < -0.3 is 16.0 Å². The number of anilines is 6. The standard InChI is InChI=1S/3C27H29F2N5O3S/c3*1-14-13-34(4)33-24(14)15-6-7-18(23(8-15)38(5,36)37)31-19-9-16(10-22(35)17-12-27(17,2)3)30-20-11-21(26(28)29)32-25(19)20/h3*6-9,13,17,26H,10-12H2,1-5H3,(H,30,31)/t2*17-;/m10./s1. The molecule has 9 aromatic rings. The van der Waals surface area contributed by atoms with E-state index in [-0.39, 0.29) is 156 Å². The molecule has 0 saturated heterocycles. The number of alkyl halides is 6. The van der Waals surface area contributed by atoms with Crippen LogP contribution in [0, 0.1) is 54.8 Å². The molecule has 6 aliphatic rings. The normalized spacial score (nSPS) is 17.9. The summed E-state index contributed by atoms with van der Waals surface area (Å²) in [4.78, 5) is 64.3. The molecule has 3 fully saturated rings. The zero-order valence-electron chi connectivity index (χ0n) is 65.5. The number of rotatable bonds is 24. The monoisotopic (exact) mass is 1620 g/mol. The molecule has 15 rings (SSSR count). The molecule has 1 unspecified atom stereocenters. The van der Waals surface area contributed by atoms with Gasteiger partial charge in [0.15, 0.2) is 29.5 Å². The number of carbonyl (C=O) groups is 3. The second-order valence-corrected chi connectivity index (χ2v) is 38.6. The number of pyridine rings is 3. The molecule has 9 heterocycles. The number of carbonyl (C=O) groups excluding carboxylic acids is 3. The van der Waals surface area contributed by atoms with Crippen molar-refractivity contribution < 1.29 is 66.0 Å². The number of hydrogen-bond acceptors (Lipinski definition) is 21. The van der Waals surface area contributed by atoms with E-state index in [4.69, 9.17) is 0 Å². The zero-order chi connectivity index (χ0) is 82.7. The highest BCUT2D eigenvalue weighted by Gasteiger charge is 2.52. The molecule has 3 aromatic carbocycles. The number of Topliss-reactive ketones (excluding diaryl/α,β-unsaturated/α-hetero) is 3. The third kappa shape index (κ3) is 17.6. The fourth-order valence-electron chi connectivity index (χ4n) is 15.0. The Bertz CT molecular complexity index is 5400. The Hall–Kier alpha value is -10.4. The zero-order valence-corrected chi connectivity index (χ0v) is 68.0. The van der Waals surface area contributed by atoms with Crippen molar-refractivity contribution in [2.45, 2.75) is 154 Å². The molecule has 6 aromatic heterocycles. The highest BCUT2D eigenvalue weighted by Crippen LogP contribution is 2.55. The van der Waals surface area contributed by atoms with Gasteiger partial charge in [0.05, 0.1) is 117 Å². The number of nitrogens with one attached hydrogen (secondary N) is 3. The van der Waals surface area contributed by atoms with Crippen molar-refractivity contribution in [1.29, 1.82) is 0 Å². The van der Waals surface area contributed by atoms with Crippen LogP contribution in [0.3, 0.4) is 0 Å². The largest absolute Gasteiger partial charge is 0.353 e. The lowest BCUT2D eigenvalue weighted by Crippen LogP contribution is -2.13. The number of benzene rings is 3. The molecule has 3 atom stereocenters. The SMILES string of the molecule is Cc1cn(C)nc1-c1ccc(Nc2cc(CC(=O)C3CC3(C)C)nc3c2N=C(C(F)F)C3)c(S(C)(=O)=O)c1.Cc1cn(C)nc1-c1ccc(Nc2cc(CC(=O)[C@@H]3CC3(C)C)nc3c2N=C(C(F)F)C3)c(S(C)(=O)=O)c1.Cc1cn(C)nc1-c1ccc(Nc2cc(CC(=O)[C@H]3CC3(C)C)nc3c2N=C(C(F)F)C3)c(S(C)(=O)=O)c1. The summed E-state index contributed by atoms with van der Waals surface area (Å²) < 4.78 is 163. The molecule has 24 nitrogen and oxygen atoms in total. The van der Waals surface area contributed by atoms with Crippen LogP contribution in [0.4, 0.5) is 77.5 Å². The van der Waals surface area contributed by atoms with Gasteiger partial charge in [-0.2, -0.15) is 15.3 Å². The summed E-state index contributed by atoms with van der Waals surface area (Å²) in [5, 5.41) is 22.6. The van der Waals surface area contributed by atoms with E-state index in [1.165, 1.54) is 0 Å². The van der Waals surface area contributed by atoms with Crippen LogP contribution in [0.2, 0.25) is 0 Å². The van der Waals surface area contributed by atoms with Crippen LogP contribution >= 0.6 is 0 Å². The molecule has 3 saturated carbocycles. The highest BCUT2D eigenvalue weighted by atomic mass is 32.2. The van der Waals surface area contributed by atoms with Gasteiger partial charge in [-0.1, -0.05) is 59.7 Å². The minimum absolute atomic E-state index is 0.0269. The maximum Gasteiger partial charge on any atom is 0.277 e. The number of aryl methyl sites for hydroxylation is 6. The third-order valence-electron chi connectivity index (χ3n) is 21.5. The van der Waals surface area contributed by atoms with Gasteiger partial charge in [0, 0.05) is 131 Å². The number of ketones is 3. The topological polar surface area (TPSA) is 319 Å². The van der Waals surface area contributed by atoms with E-state index in [0.717, 1.165) is 54.7 Å². The molecule has 0 spiro atoms. The lowest BCUT2D eigenvalue weighted by Gasteiger charge is -2.15. The predicted molar refractivity (Wildman–Crippen MR) is 424 cm³/mol. The highest BCUT2D eigenvalue weighted by molar-refractivity contribution is 7.91. The van der Waals surface area contributed by atoms with Crippen molar-refractivity contribution in [2.24, 2.45) is 70.1 Å². The molecule has 3 aliphatic carbocycles. The van der Waals surface area contributed by atoms with Crippen molar-refractivity contribution in [1.82, 2.24) is 44.3 Å². The molecule has 600 valence electrons. The maximum atomic E-state index is 13.5. The average Bonchev–Trinajstić information content (AvgIpc) is 1.57. The van der Waals surface area contributed by atoms with Crippen molar-refractivity contribution >= 4 is 115 Å². The first-order valence-corrected chi connectivity index (χ1v) is 42.4. The molecule has 3 N–H and O–H groups in total. The van der Waals surface area contributed by atoms with Gasteiger partial charge in [-0.3, -0.25) is 43.4 Å². The van der Waals surface area contributed by atoms with Gasteiger partial charge >= 0.3 is 0 Å². The van der Waals surface area contributed by atoms with Gasteiger partial charge in [-0.15, -0.1) is 0 Å². The lowest BCUT2D eigenvalue weighted by molar-refractivity contribution is -0.121. The van der Waals surface area contributed by atoms with Gasteiger partial charge in [0.2, 0.25) is 0 Å². The van der Waals surface area contributed by atoms with Crippen LogP contribution in [0.5, 0.6) is 0 Å². The van der Waals surface area contributed by atoms with Gasteiger partial charge in [-0.05, 0) is 128 Å². The lowest BCUT2D eigenvalue weighted by atomic mass is 10.0. The molecule has 3 aliphatic heterocycles. The van der Waals surface area contributed by atoms with Crippen LogP contribution in [0.25, 0.3) is 33.8 Å². The number of fused-ring (bicyclic) bond motifs is 3. The number of aliphatic imine (C=N–C) groups is 3. The van der Waals surface area contributed by atoms with Gasteiger partial charge in [0.1, 0.15) is 34.4 Å². The smallest absolute Gasteiger partial charge is 0.277 e. The van der Waals surface area contributed by atoms with E-state index >= 15 is 0 Å². The molecular formula is C81H87F6N15O9S3. The fraction of sp³-hybridized carbons (Fsp3) is 0.407. The van der Waals surface area contributed by atoms with Crippen molar-refractivity contribution in [3.63, 3.8) is 0 Å². The Kier molecular flexibility index (Phi) is 21.5. The Morgan fingerprint density at radius 2 is 0.649 bits per heavy atom. The molecule has 0 bridgehead atoms. The van der Waals surface area contributed by atoms with Crippen LogP contribution in [-0.4, -0.2) is 142 Å². The number of halogens is 6. The van der Waals surface area contributed by atoms with E-state index in [2.05, 4.69) is 61.2 Å². The minimum atomic E-state index is -3.70. The minimum Gasteiger partial charge on any atom is -0.353 e. The summed E-state index contributed by atoms with van der Waals surface area (Å²) in [7, 11) is -5.73. The molecule has 114 heavy (non-hydrogen) atoms. The van der Waals surface area contributed by atoms with Crippen molar-refractivity contribution in [3.05, 3.63) is 142 Å².